The third-order valence-corrected chi connectivity index (χ3v) is 6.34. The van der Waals surface area contributed by atoms with Gasteiger partial charge in [-0.15, -0.1) is 25.5 Å². The zero-order valence-corrected chi connectivity index (χ0v) is 18.3. The van der Waals surface area contributed by atoms with E-state index in [1.165, 1.54) is 23.1 Å². The van der Waals surface area contributed by atoms with Gasteiger partial charge in [-0.25, -0.2) is 0 Å². The predicted octanol–water partition coefficient (Wildman–Crippen LogP) is 2.40. The Kier molecular flexibility index (Phi) is 6.91. The molecule has 0 saturated carbocycles. The standard InChI is InChI=1S/C15H20N8O2S3/c1-5-23-11(9-7-22(3)21-12(9)25-4)17-19-14(23)27-8-10(24)16-13-18-20-15(28-13)26-6-2/h7H,5-6,8H2,1-4H3,(H,16,18,24). The molecule has 10 nitrogen and oxygen atoms in total. The molecular formula is C15H20N8O2S3. The second-order valence-electron chi connectivity index (χ2n) is 5.42. The van der Waals surface area contributed by atoms with Gasteiger partial charge in [-0.05, 0) is 12.7 Å². The highest BCUT2D eigenvalue weighted by Crippen LogP contribution is 2.30. The largest absolute Gasteiger partial charge is 0.479 e. The Labute approximate surface area is 174 Å². The molecule has 0 fully saturated rings. The summed E-state index contributed by atoms with van der Waals surface area (Å²) in [6.07, 6.45) is 1.83. The van der Waals surface area contributed by atoms with E-state index in [-0.39, 0.29) is 11.7 Å². The van der Waals surface area contributed by atoms with Gasteiger partial charge in [-0.3, -0.25) is 14.8 Å². The molecule has 3 heterocycles. The summed E-state index contributed by atoms with van der Waals surface area (Å²) in [5, 5.41) is 24.7. The lowest BCUT2D eigenvalue weighted by Crippen LogP contribution is -2.14. The van der Waals surface area contributed by atoms with E-state index in [0.717, 1.165) is 15.7 Å². The molecule has 13 heteroatoms. The SMILES string of the molecule is CCSc1nnc(NC(=O)CSc2nnc(-c3cn(C)nc3OC)n2CC)s1. The number of aryl methyl sites for hydroxylation is 1. The average molecular weight is 441 g/mol. The number of anilines is 1. The van der Waals surface area contributed by atoms with Crippen LogP contribution >= 0.6 is 34.9 Å². The lowest BCUT2D eigenvalue weighted by atomic mass is 10.3. The first-order valence-electron chi connectivity index (χ1n) is 8.45. The van der Waals surface area contributed by atoms with Crippen LogP contribution in [-0.2, 0) is 18.4 Å². The van der Waals surface area contributed by atoms with Crippen LogP contribution < -0.4 is 10.1 Å². The van der Waals surface area contributed by atoms with Crippen LogP contribution in [0.2, 0.25) is 0 Å². The second-order valence-corrected chi connectivity index (χ2v) is 8.85. The maximum atomic E-state index is 12.2. The van der Waals surface area contributed by atoms with Crippen molar-refractivity contribution in [2.75, 3.05) is 23.9 Å². The first kappa shape index (κ1) is 20.6. The highest BCUT2D eigenvalue weighted by molar-refractivity contribution is 8.01. The normalized spacial score (nSPS) is 11.0. The molecule has 0 spiro atoms. The number of carbonyl (C=O) groups is 1. The number of hydrogen-bond acceptors (Lipinski definition) is 10. The summed E-state index contributed by atoms with van der Waals surface area (Å²) >= 11 is 4.27. The van der Waals surface area contributed by atoms with Crippen LogP contribution in [-0.4, -0.2) is 59.3 Å². The molecule has 0 unspecified atom stereocenters. The Hall–Kier alpha value is -2.12. The van der Waals surface area contributed by atoms with Crippen molar-refractivity contribution in [3.05, 3.63) is 6.20 Å². The third kappa shape index (κ3) is 4.64. The van der Waals surface area contributed by atoms with Crippen LogP contribution in [0.3, 0.4) is 0 Å². The number of ether oxygens (including phenoxy) is 1. The van der Waals surface area contributed by atoms with Crippen molar-refractivity contribution in [2.45, 2.75) is 29.9 Å². The summed E-state index contributed by atoms with van der Waals surface area (Å²) in [6, 6.07) is 0. The summed E-state index contributed by atoms with van der Waals surface area (Å²) in [5.41, 5.74) is 0.755. The molecule has 1 N–H and O–H groups in total. The molecule has 3 aromatic heterocycles. The van der Waals surface area contributed by atoms with Gasteiger partial charge in [0.25, 0.3) is 0 Å². The van der Waals surface area contributed by atoms with Crippen molar-refractivity contribution in [3.8, 4) is 17.3 Å². The van der Waals surface area contributed by atoms with Gasteiger partial charge < -0.3 is 9.30 Å². The molecule has 150 valence electrons. The monoisotopic (exact) mass is 440 g/mol. The minimum Gasteiger partial charge on any atom is -0.479 e. The van der Waals surface area contributed by atoms with E-state index in [1.54, 1.807) is 23.6 Å². The average Bonchev–Trinajstić information content (AvgIpc) is 3.38. The minimum atomic E-state index is -0.166. The fraction of sp³-hybridized carbons (Fsp3) is 0.467. The van der Waals surface area contributed by atoms with Crippen LogP contribution in [0.1, 0.15) is 13.8 Å². The van der Waals surface area contributed by atoms with Gasteiger partial charge in [-0.2, -0.15) is 0 Å². The topological polar surface area (TPSA) is 113 Å². The molecule has 28 heavy (non-hydrogen) atoms. The highest BCUT2D eigenvalue weighted by Gasteiger charge is 2.20. The molecule has 3 rings (SSSR count). The molecule has 0 saturated heterocycles. The van der Waals surface area contributed by atoms with Crippen LogP contribution in [0.5, 0.6) is 5.88 Å². The van der Waals surface area contributed by atoms with Crippen LogP contribution in [0.25, 0.3) is 11.4 Å². The number of carbonyl (C=O) groups excluding carboxylic acids is 1. The Morgan fingerprint density at radius 1 is 1.25 bits per heavy atom. The van der Waals surface area contributed by atoms with Crippen LogP contribution in [0, 0.1) is 0 Å². The molecule has 3 aromatic rings. The predicted molar refractivity (Wildman–Crippen MR) is 110 cm³/mol. The molecule has 0 aliphatic rings. The van der Waals surface area contributed by atoms with Crippen molar-refractivity contribution >= 4 is 45.9 Å². The molecule has 0 aliphatic carbocycles. The molecular weight excluding hydrogens is 420 g/mol. The molecule has 0 radical (unpaired) electrons. The lowest BCUT2D eigenvalue weighted by Gasteiger charge is -2.06. The van der Waals surface area contributed by atoms with Gasteiger partial charge >= 0.3 is 0 Å². The molecule has 0 aliphatic heterocycles. The number of nitrogens with one attached hydrogen (secondary N) is 1. The molecule has 1 amide bonds. The number of amides is 1. The maximum Gasteiger partial charge on any atom is 0.243 e. The number of thioether (sulfide) groups is 2. The first-order valence-corrected chi connectivity index (χ1v) is 11.2. The van der Waals surface area contributed by atoms with E-state index < -0.39 is 0 Å². The Morgan fingerprint density at radius 2 is 2.07 bits per heavy atom. The van der Waals surface area contributed by atoms with Gasteiger partial charge in [-0.1, -0.05) is 41.8 Å². The van der Waals surface area contributed by atoms with Crippen molar-refractivity contribution in [3.63, 3.8) is 0 Å². The minimum absolute atomic E-state index is 0.166. The van der Waals surface area contributed by atoms with Gasteiger partial charge in [0, 0.05) is 19.8 Å². The Balaban J connectivity index is 1.67. The Bertz CT molecular complexity index is 951. The van der Waals surface area contributed by atoms with E-state index >= 15 is 0 Å². The summed E-state index contributed by atoms with van der Waals surface area (Å²) in [7, 11) is 3.38. The van der Waals surface area contributed by atoms with E-state index in [2.05, 4.69) is 30.8 Å². The zero-order chi connectivity index (χ0) is 20.1. The van der Waals surface area contributed by atoms with Gasteiger partial charge in [0.1, 0.15) is 5.56 Å². The van der Waals surface area contributed by atoms with E-state index in [4.69, 9.17) is 4.74 Å². The van der Waals surface area contributed by atoms with Gasteiger partial charge in [0.2, 0.25) is 16.9 Å². The van der Waals surface area contributed by atoms with E-state index in [9.17, 15) is 4.79 Å². The van der Waals surface area contributed by atoms with Gasteiger partial charge in [0.05, 0.1) is 12.9 Å². The smallest absolute Gasteiger partial charge is 0.243 e. The molecule has 0 aromatic carbocycles. The van der Waals surface area contributed by atoms with Crippen LogP contribution in [0.4, 0.5) is 5.13 Å². The Morgan fingerprint density at radius 3 is 2.79 bits per heavy atom. The lowest BCUT2D eigenvalue weighted by molar-refractivity contribution is -0.113. The van der Waals surface area contributed by atoms with E-state index in [0.29, 0.717) is 28.5 Å². The number of methoxy groups -OCH3 is 1. The fourth-order valence-corrected chi connectivity index (χ4v) is 4.85. The summed E-state index contributed by atoms with van der Waals surface area (Å²) in [5.74, 6) is 2.07. The summed E-state index contributed by atoms with van der Waals surface area (Å²) in [4.78, 5) is 12.2. The van der Waals surface area contributed by atoms with Crippen molar-refractivity contribution in [1.29, 1.82) is 0 Å². The highest BCUT2D eigenvalue weighted by atomic mass is 32.2. The van der Waals surface area contributed by atoms with Crippen molar-refractivity contribution < 1.29 is 9.53 Å². The van der Waals surface area contributed by atoms with Gasteiger partial charge in [0.15, 0.2) is 15.3 Å². The third-order valence-electron chi connectivity index (χ3n) is 3.52. The number of aromatic nitrogens is 7. The number of nitrogens with zero attached hydrogens (tertiary/aromatic N) is 7. The van der Waals surface area contributed by atoms with Crippen LogP contribution in [0.15, 0.2) is 15.7 Å². The summed E-state index contributed by atoms with van der Waals surface area (Å²) < 4.78 is 9.75. The van der Waals surface area contributed by atoms with Crippen molar-refractivity contribution in [2.24, 2.45) is 7.05 Å². The molecule has 0 atom stereocenters. The molecule has 0 bridgehead atoms. The van der Waals surface area contributed by atoms with Crippen molar-refractivity contribution in [1.82, 2.24) is 34.7 Å². The summed E-state index contributed by atoms with van der Waals surface area (Å²) in [6.45, 7) is 4.69. The van der Waals surface area contributed by atoms with E-state index in [1.807, 2.05) is 31.7 Å². The maximum absolute atomic E-state index is 12.2. The number of rotatable bonds is 9. The fourth-order valence-electron chi connectivity index (χ4n) is 2.38. The zero-order valence-electron chi connectivity index (χ0n) is 15.9. The number of hydrogen-bond donors (Lipinski definition) is 1. The first-order chi connectivity index (χ1) is 13.5. The quantitative estimate of drug-likeness (QED) is 0.396. The second kappa shape index (κ2) is 9.39.